The van der Waals surface area contributed by atoms with Crippen LogP contribution in [0.5, 0.6) is 11.5 Å². The van der Waals surface area contributed by atoms with Crippen LogP contribution in [-0.4, -0.2) is 28.0 Å². The number of nitrogens with one attached hydrogen (secondary N) is 1. The summed E-state index contributed by atoms with van der Waals surface area (Å²) in [4.78, 5) is 0. The second-order valence-electron chi connectivity index (χ2n) is 3.89. The van der Waals surface area contributed by atoms with Crippen LogP contribution in [0.2, 0.25) is 0 Å². The summed E-state index contributed by atoms with van der Waals surface area (Å²) >= 11 is 0. The van der Waals surface area contributed by atoms with Crippen molar-refractivity contribution in [3.8, 4) is 11.5 Å². The quantitative estimate of drug-likeness (QED) is 0.613. The Morgan fingerprint density at radius 2 is 1.81 bits per heavy atom. The zero-order valence-electron chi connectivity index (χ0n) is 9.64. The number of benzene rings is 1. The van der Waals surface area contributed by atoms with E-state index in [2.05, 4.69) is 5.32 Å². The van der Waals surface area contributed by atoms with Gasteiger partial charge in [-0.15, -0.1) is 0 Å². The van der Waals surface area contributed by atoms with Crippen LogP contribution in [-0.2, 0) is 0 Å². The minimum atomic E-state index is -0.210. The molecule has 0 saturated carbocycles. The van der Waals surface area contributed by atoms with Crippen LogP contribution in [0, 0.1) is 0 Å². The van der Waals surface area contributed by atoms with Crippen LogP contribution < -0.4 is 5.32 Å². The lowest BCUT2D eigenvalue weighted by molar-refractivity contribution is 0.228. The molecule has 4 N–H and O–H groups in total. The highest BCUT2D eigenvalue weighted by molar-refractivity contribution is 5.44. The van der Waals surface area contributed by atoms with E-state index in [1.807, 2.05) is 13.8 Å². The molecule has 2 atom stereocenters. The second kappa shape index (κ2) is 5.72. The van der Waals surface area contributed by atoms with Gasteiger partial charge in [-0.1, -0.05) is 13.0 Å². The molecule has 0 spiro atoms. The smallest absolute Gasteiger partial charge is 0.124 e. The summed E-state index contributed by atoms with van der Waals surface area (Å²) in [5.41, 5.74) is 0.467. The summed E-state index contributed by atoms with van der Waals surface area (Å²) in [6.07, 6.45) is 0.787. The standard InChI is InChI=1S/C12H19NO3/c1-3-9(7-14)13-8(2)12-10(15)5-4-6-11(12)16/h4-6,8-9,13-16H,3,7H2,1-2H3/t8?,9-/m1/s1. The maximum absolute atomic E-state index is 9.66. The van der Waals surface area contributed by atoms with Crippen LogP contribution in [0.15, 0.2) is 18.2 Å². The molecule has 4 heteroatoms. The van der Waals surface area contributed by atoms with Gasteiger partial charge in [0.05, 0.1) is 12.2 Å². The highest BCUT2D eigenvalue weighted by atomic mass is 16.3. The Balaban J connectivity index is 2.83. The SMILES string of the molecule is CC[C@H](CO)NC(C)c1c(O)cccc1O. The molecule has 4 nitrogen and oxygen atoms in total. The number of hydrogen-bond donors (Lipinski definition) is 4. The van der Waals surface area contributed by atoms with Crippen molar-refractivity contribution in [3.63, 3.8) is 0 Å². The lowest BCUT2D eigenvalue weighted by atomic mass is 10.0. The van der Waals surface area contributed by atoms with Crippen LogP contribution in [0.4, 0.5) is 0 Å². The van der Waals surface area contributed by atoms with Gasteiger partial charge in [0.15, 0.2) is 0 Å². The first-order valence-electron chi connectivity index (χ1n) is 5.47. The summed E-state index contributed by atoms with van der Waals surface area (Å²) in [6.45, 7) is 3.84. The fourth-order valence-electron chi connectivity index (χ4n) is 1.72. The molecule has 90 valence electrons. The van der Waals surface area contributed by atoms with Crippen LogP contribution in [0.1, 0.15) is 31.9 Å². The van der Waals surface area contributed by atoms with Gasteiger partial charge >= 0.3 is 0 Å². The predicted molar refractivity (Wildman–Crippen MR) is 62.5 cm³/mol. The lowest BCUT2D eigenvalue weighted by Gasteiger charge is -2.22. The Morgan fingerprint density at radius 1 is 1.25 bits per heavy atom. The normalized spacial score (nSPS) is 14.7. The maximum Gasteiger partial charge on any atom is 0.124 e. The average molecular weight is 225 g/mol. The Hall–Kier alpha value is -1.26. The lowest BCUT2D eigenvalue weighted by Crippen LogP contribution is -2.33. The third-order valence-corrected chi connectivity index (χ3v) is 2.69. The molecule has 1 aromatic carbocycles. The fourth-order valence-corrected chi connectivity index (χ4v) is 1.72. The third kappa shape index (κ3) is 2.87. The van der Waals surface area contributed by atoms with Crippen LogP contribution >= 0.6 is 0 Å². The molecular formula is C12H19NO3. The van der Waals surface area contributed by atoms with Gasteiger partial charge in [0.1, 0.15) is 11.5 Å². The van der Waals surface area contributed by atoms with E-state index in [0.717, 1.165) is 6.42 Å². The number of aromatic hydroxyl groups is 2. The summed E-state index contributed by atoms with van der Waals surface area (Å²) in [5.74, 6) is 0.126. The Morgan fingerprint density at radius 3 is 2.25 bits per heavy atom. The molecule has 0 radical (unpaired) electrons. The van der Waals surface area contributed by atoms with Crippen molar-refractivity contribution >= 4 is 0 Å². The molecule has 1 rings (SSSR count). The van der Waals surface area contributed by atoms with Gasteiger partial charge in [0, 0.05) is 12.1 Å². The van der Waals surface area contributed by atoms with Crippen molar-refractivity contribution in [2.45, 2.75) is 32.4 Å². The van der Waals surface area contributed by atoms with Crippen molar-refractivity contribution in [1.82, 2.24) is 5.32 Å². The number of aliphatic hydroxyl groups excluding tert-OH is 1. The molecule has 16 heavy (non-hydrogen) atoms. The molecule has 0 aliphatic rings. The first-order valence-corrected chi connectivity index (χ1v) is 5.47. The van der Waals surface area contributed by atoms with Crippen molar-refractivity contribution in [2.75, 3.05) is 6.61 Å². The highest BCUT2D eigenvalue weighted by Crippen LogP contribution is 2.32. The molecule has 1 unspecified atom stereocenters. The van der Waals surface area contributed by atoms with Gasteiger partial charge < -0.3 is 20.6 Å². The molecule has 0 aliphatic carbocycles. The van der Waals surface area contributed by atoms with Crippen molar-refractivity contribution in [1.29, 1.82) is 0 Å². The number of aliphatic hydroxyl groups is 1. The van der Waals surface area contributed by atoms with Crippen molar-refractivity contribution in [3.05, 3.63) is 23.8 Å². The Kier molecular flexibility index (Phi) is 4.58. The number of hydrogen-bond acceptors (Lipinski definition) is 4. The van der Waals surface area contributed by atoms with Crippen molar-refractivity contribution in [2.24, 2.45) is 0 Å². The van der Waals surface area contributed by atoms with Crippen LogP contribution in [0.25, 0.3) is 0 Å². The van der Waals surface area contributed by atoms with Crippen LogP contribution in [0.3, 0.4) is 0 Å². The second-order valence-corrected chi connectivity index (χ2v) is 3.89. The molecule has 0 aromatic heterocycles. The largest absolute Gasteiger partial charge is 0.507 e. The van der Waals surface area contributed by atoms with E-state index in [1.54, 1.807) is 6.07 Å². The van der Waals surface area contributed by atoms with Gasteiger partial charge in [-0.3, -0.25) is 0 Å². The van der Waals surface area contributed by atoms with E-state index < -0.39 is 0 Å². The molecule has 0 fully saturated rings. The first kappa shape index (κ1) is 12.8. The minimum absolute atomic E-state index is 0.0333. The Labute approximate surface area is 95.6 Å². The van der Waals surface area contributed by atoms with Crippen molar-refractivity contribution < 1.29 is 15.3 Å². The summed E-state index contributed by atoms with van der Waals surface area (Å²) in [6, 6.07) is 4.41. The average Bonchev–Trinajstić information content (AvgIpc) is 2.25. The van der Waals surface area contributed by atoms with E-state index in [9.17, 15) is 10.2 Å². The van der Waals surface area contributed by atoms with E-state index in [0.29, 0.717) is 5.56 Å². The number of phenolic OH excluding ortho intramolecular Hbond substituents is 2. The van der Waals surface area contributed by atoms with Gasteiger partial charge in [-0.05, 0) is 25.5 Å². The summed E-state index contributed by atoms with van der Waals surface area (Å²) in [5, 5.41) is 31.5. The Bertz CT molecular complexity index is 317. The topological polar surface area (TPSA) is 72.7 Å². The summed E-state index contributed by atoms with van der Waals surface area (Å²) in [7, 11) is 0. The minimum Gasteiger partial charge on any atom is -0.507 e. The van der Waals surface area contributed by atoms with E-state index in [1.165, 1.54) is 12.1 Å². The van der Waals surface area contributed by atoms with Gasteiger partial charge in [-0.2, -0.15) is 0 Å². The zero-order chi connectivity index (χ0) is 12.1. The third-order valence-electron chi connectivity index (χ3n) is 2.69. The molecule has 0 amide bonds. The molecule has 0 bridgehead atoms. The molecule has 0 saturated heterocycles. The summed E-state index contributed by atoms with van der Waals surface area (Å²) < 4.78 is 0. The number of rotatable bonds is 5. The van der Waals surface area contributed by atoms with E-state index in [4.69, 9.17) is 5.11 Å². The zero-order valence-corrected chi connectivity index (χ0v) is 9.64. The monoisotopic (exact) mass is 225 g/mol. The van der Waals surface area contributed by atoms with Gasteiger partial charge in [-0.25, -0.2) is 0 Å². The maximum atomic E-state index is 9.66. The van der Waals surface area contributed by atoms with E-state index in [-0.39, 0.29) is 30.2 Å². The first-order chi connectivity index (χ1) is 7.60. The molecular weight excluding hydrogens is 206 g/mol. The molecule has 1 aromatic rings. The predicted octanol–water partition coefficient (Wildman–Crippen LogP) is 1.52. The molecule has 0 aliphatic heterocycles. The van der Waals surface area contributed by atoms with Gasteiger partial charge in [0.2, 0.25) is 0 Å². The number of phenols is 2. The molecule has 0 heterocycles. The fraction of sp³-hybridized carbons (Fsp3) is 0.500. The highest BCUT2D eigenvalue weighted by Gasteiger charge is 2.17. The van der Waals surface area contributed by atoms with Gasteiger partial charge in [0.25, 0.3) is 0 Å². The van der Waals surface area contributed by atoms with E-state index >= 15 is 0 Å².